The molecule has 1 aliphatic carbocycles. The fourth-order valence-electron chi connectivity index (χ4n) is 5.54. The first-order valence-corrected chi connectivity index (χ1v) is 14.4. The van der Waals surface area contributed by atoms with Gasteiger partial charge in [0.1, 0.15) is 73.2 Å². The molecule has 0 bridgehead atoms. The molecule has 0 aromatic carbocycles. The Kier molecular flexibility index (Phi) is 13.8. The first-order chi connectivity index (χ1) is 20.7. The minimum Gasteiger partial charge on any atom is -0.394 e. The minimum atomic E-state index is -1.94. The monoisotopic (exact) mass is 645 g/mol. The van der Waals surface area contributed by atoms with Crippen LogP contribution in [0.25, 0.3) is 0 Å². The molecule has 0 radical (unpaired) electrons. The topological polar surface area (TPSA) is 312 Å². The van der Waals surface area contributed by atoms with Crippen LogP contribution in [-0.4, -0.2) is 196 Å². The van der Waals surface area contributed by atoms with Gasteiger partial charge in [-0.2, -0.15) is 0 Å². The highest BCUT2D eigenvalue weighted by Crippen LogP contribution is 2.31. The van der Waals surface area contributed by atoms with E-state index in [1.807, 2.05) is 0 Å². The molecule has 0 aromatic rings. The predicted molar refractivity (Wildman–Crippen MR) is 143 cm³/mol. The number of nitrogens with one attached hydrogen (secondary N) is 1. The Balaban J connectivity index is 1.71. The van der Waals surface area contributed by atoms with Gasteiger partial charge < -0.3 is 90.6 Å². The molecule has 2 saturated heterocycles. The molecule has 3 aliphatic rings. The third kappa shape index (κ3) is 7.93. The zero-order valence-corrected chi connectivity index (χ0v) is 24.2. The van der Waals surface area contributed by atoms with Crippen LogP contribution in [0.4, 0.5) is 0 Å². The average Bonchev–Trinajstić information content (AvgIpc) is 3.02. The van der Waals surface area contributed by atoms with E-state index in [0.29, 0.717) is 0 Å². The Morgan fingerprint density at radius 3 is 2.02 bits per heavy atom. The van der Waals surface area contributed by atoms with Crippen molar-refractivity contribution in [1.82, 2.24) is 5.32 Å². The lowest BCUT2D eigenvalue weighted by molar-refractivity contribution is -0.361. The van der Waals surface area contributed by atoms with E-state index in [1.165, 1.54) is 19.9 Å². The van der Waals surface area contributed by atoms with E-state index in [-0.39, 0.29) is 12.0 Å². The Morgan fingerprint density at radius 2 is 1.45 bits per heavy atom. The second-order valence-electron chi connectivity index (χ2n) is 11.4. The Hall–Kier alpha value is -0.980. The number of aliphatic hydroxyl groups is 13. The zero-order chi connectivity index (χ0) is 33.0. The number of rotatable bonds is 13. The summed E-state index contributed by atoms with van der Waals surface area (Å²) in [6.45, 7) is 0.666. The summed E-state index contributed by atoms with van der Waals surface area (Å²) in [6.07, 6.45) is -24.7. The Bertz CT molecular complexity index is 914. The van der Waals surface area contributed by atoms with Gasteiger partial charge in [-0.25, -0.2) is 0 Å². The van der Waals surface area contributed by atoms with Crippen molar-refractivity contribution in [1.29, 1.82) is 0 Å². The van der Waals surface area contributed by atoms with Gasteiger partial charge in [-0.15, -0.1) is 0 Å². The maximum absolute atomic E-state index is 10.9. The molecule has 3 rings (SSSR count). The molecule has 2 fully saturated rings. The fraction of sp³-hybridized carbons (Fsp3) is 0.923. The van der Waals surface area contributed by atoms with Gasteiger partial charge in [-0.05, 0) is 18.9 Å². The molecule has 0 spiro atoms. The van der Waals surface area contributed by atoms with Crippen LogP contribution in [0.3, 0.4) is 0 Å². The molecule has 0 amide bonds. The van der Waals surface area contributed by atoms with Crippen LogP contribution in [0, 0.1) is 0 Å². The largest absolute Gasteiger partial charge is 0.394 e. The maximum atomic E-state index is 10.9. The number of aliphatic hydroxyl groups excluding tert-OH is 13. The van der Waals surface area contributed by atoms with E-state index in [2.05, 4.69) is 5.32 Å². The highest BCUT2D eigenvalue weighted by atomic mass is 16.7. The van der Waals surface area contributed by atoms with Gasteiger partial charge in [-0.1, -0.05) is 13.0 Å². The molecule has 14 N–H and O–H groups in total. The summed E-state index contributed by atoms with van der Waals surface area (Å²) in [5.41, 5.74) is 0.0244. The standard InChI is InChI=1S/C26H47NO17/c1-3-11(31)17(35)23(12(32)6-29)43-26-22(40)20(38)24(13(7-30)42-26)44-25-21(39)18(36)14(8(2)41-25)27-10-4-9(5-28)15(33)19(37)16(10)34/h4,8,10-40H,3,5-7H2,1-2H3. The third-order valence-electron chi connectivity index (χ3n) is 8.35. The van der Waals surface area contributed by atoms with Gasteiger partial charge in [0.2, 0.25) is 0 Å². The van der Waals surface area contributed by atoms with Crippen LogP contribution in [-0.2, 0) is 18.9 Å². The molecule has 18 heteroatoms. The molecular formula is C26H47NO17. The average molecular weight is 646 g/mol. The first kappa shape index (κ1) is 37.5. The molecule has 18 unspecified atom stereocenters. The van der Waals surface area contributed by atoms with Crippen molar-refractivity contribution in [3.05, 3.63) is 11.6 Å². The summed E-state index contributed by atoms with van der Waals surface area (Å²) in [5.74, 6) is 0. The van der Waals surface area contributed by atoms with Crippen LogP contribution < -0.4 is 5.32 Å². The summed E-state index contributed by atoms with van der Waals surface area (Å²) >= 11 is 0. The lowest BCUT2D eigenvalue weighted by atomic mass is 9.86. The molecule has 18 nitrogen and oxygen atoms in total. The van der Waals surface area contributed by atoms with Crippen molar-refractivity contribution < 1.29 is 85.3 Å². The lowest BCUT2D eigenvalue weighted by Gasteiger charge is -2.48. The van der Waals surface area contributed by atoms with Crippen LogP contribution in [0.2, 0.25) is 0 Å². The Morgan fingerprint density at radius 1 is 0.818 bits per heavy atom. The van der Waals surface area contributed by atoms with Crippen LogP contribution >= 0.6 is 0 Å². The molecular weight excluding hydrogens is 598 g/mol. The number of hydrogen-bond acceptors (Lipinski definition) is 18. The van der Waals surface area contributed by atoms with E-state index in [9.17, 15) is 66.4 Å². The molecule has 2 heterocycles. The van der Waals surface area contributed by atoms with Crippen molar-refractivity contribution in [3.63, 3.8) is 0 Å². The van der Waals surface area contributed by atoms with Gasteiger partial charge in [0.15, 0.2) is 12.6 Å². The first-order valence-electron chi connectivity index (χ1n) is 14.4. The highest BCUT2D eigenvalue weighted by molar-refractivity contribution is 5.22. The highest BCUT2D eigenvalue weighted by Gasteiger charge is 2.52. The second-order valence-corrected chi connectivity index (χ2v) is 11.4. The van der Waals surface area contributed by atoms with Crippen molar-refractivity contribution in [2.45, 2.75) is 130 Å². The normalized spacial score (nSPS) is 44.5. The van der Waals surface area contributed by atoms with Gasteiger partial charge in [0.05, 0.1) is 44.1 Å². The van der Waals surface area contributed by atoms with Crippen LogP contribution in [0.15, 0.2) is 11.6 Å². The van der Waals surface area contributed by atoms with Crippen molar-refractivity contribution in [3.8, 4) is 0 Å². The van der Waals surface area contributed by atoms with Gasteiger partial charge in [0, 0.05) is 0 Å². The summed E-state index contributed by atoms with van der Waals surface area (Å²) in [7, 11) is 0. The molecule has 258 valence electrons. The molecule has 44 heavy (non-hydrogen) atoms. The van der Waals surface area contributed by atoms with Crippen LogP contribution in [0.1, 0.15) is 20.3 Å². The van der Waals surface area contributed by atoms with Gasteiger partial charge in [0.25, 0.3) is 0 Å². The van der Waals surface area contributed by atoms with E-state index in [1.54, 1.807) is 0 Å². The smallest absolute Gasteiger partial charge is 0.187 e. The maximum Gasteiger partial charge on any atom is 0.187 e. The van der Waals surface area contributed by atoms with Crippen molar-refractivity contribution in [2.75, 3.05) is 19.8 Å². The second kappa shape index (κ2) is 16.2. The molecule has 2 aliphatic heterocycles. The summed E-state index contributed by atoms with van der Waals surface area (Å²) in [6, 6.07) is -2.16. The molecule has 0 aromatic heterocycles. The van der Waals surface area contributed by atoms with Gasteiger partial charge >= 0.3 is 0 Å². The minimum absolute atomic E-state index is 0.0244. The summed E-state index contributed by atoms with van der Waals surface area (Å²) < 4.78 is 22.3. The quantitative estimate of drug-likeness (QED) is 0.0827. The predicted octanol–water partition coefficient (Wildman–Crippen LogP) is -7.51. The molecule has 18 atom stereocenters. The molecule has 0 saturated carbocycles. The van der Waals surface area contributed by atoms with E-state index in [0.717, 1.165) is 0 Å². The van der Waals surface area contributed by atoms with E-state index in [4.69, 9.17) is 18.9 Å². The SMILES string of the molecule is CCC(O)C(O)C(OC1OC(CO)C(OC2OC(C)C(NC3C=C(CO)C(O)C(O)C3O)C(O)C2O)C(O)C1O)C(O)CO. The number of ether oxygens (including phenoxy) is 4. The summed E-state index contributed by atoms with van der Waals surface area (Å²) in [4.78, 5) is 0. The number of hydrogen-bond donors (Lipinski definition) is 14. The zero-order valence-electron chi connectivity index (χ0n) is 24.2. The Labute approximate surface area is 252 Å². The van der Waals surface area contributed by atoms with Crippen LogP contribution in [0.5, 0.6) is 0 Å². The summed E-state index contributed by atoms with van der Waals surface area (Å²) in [5, 5.41) is 136. The van der Waals surface area contributed by atoms with Gasteiger partial charge in [-0.3, -0.25) is 0 Å². The van der Waals surface area contributed by atoms with Crippen molar-refractivity contribution in [2.24, 2.45) is 0 Å². The lowest BCUT2D eigenvalue weighted by Crippen LogP contribution is -2.68. The third-order valence-corrected chi connectivity index (χ3v) is 8.35. The van der Waals surface area contributed by atoms with E-state index < -0.39 is 130 Å². The van der Waals surface area contributed by atoms with Crippen molar-refractivity contribution >= 4 is 0 Å². The van der Waals surface area contributed by atoms with E-state index >= 15 is 0 Å². The fourth-order valence-corrected chi connectivity index (χ4v) is 5.54.